The first-order chi connectivity index (χ1) is 12.1. The molecule has 1 amide bonds. The van der Waals surface area contributed by atoms with Gasteiger partial charge < -0.3 is 4.90 Å². The third-order valence-corrected chi connectivity index (χ3v) is 4.33. The van der Waals surface area contributed by atoms with Crippen LogP contribution in [0.25, 0.3) is 0 Å². The van der Waals surface area contributed by atoms with E-state index < -0.39 is 0 Å². The fourth-order valence-corrected chi connectivity index (χ4v) is 2.96. The van der Waals surface area contributed by atoms with E-state index in [2.05, 4.69) is 20.1 Å². The first-order valence-electron chi connectivity index (χ1n) is 8.37. The van der Waals surface area contributed by atoms with Crippen LogP contribution >= 0.6 is 0 Å². The summed E-state index contributed by atoms with van der Waals surface area (Å²) < 4.78 is 12.9. The van der Waals surface area contributed by atoms with Crippen molar-refractivity contribution in [3.05, 3.63) is 47.8 Å². The Balaban J connectivity index is 1.42. The molecule has 1 aromatic carbocycles. The largest absolute Gasteiger partial charge is 0.339 e. The van der Waals surface area contributed by atoms with Gasteiger partial charge in [0.1, 0.15) is 18.0 Å². The molecule has 1 fully saturated rings. The molecule has 8 heteroatoms. The van der Waals surface area contributed by atoms with Crippen LogP contribution in [0.15, 0.2) is 30.6 Å². The molecule has 25 heavy (non-hydrogen) atoms. The summed E-state index contributed by atoms with van der Waals surface area (Å²) in [5, 5.41) is 6.71. The van der Waals surface area contributed by atoms with Crippen molar-refractivity contribution in [2.45, 2.75) is 13.1 Å². The lowest BCUT2D eigenvalue weighted by Gasteiger charge is -2.35. The highest BCUT2D eigenvalue weighted by Gasteiger charge is 2.22. The van der Waals surface area contributed by atoms with Gasteiger partial charge >= 0.3 is 0 Å². The molecule has 0 atom stereocenters. The van der Waals surface area contributed by atoms with Crippen molar-refractivity contribution >= 4 is 5.91 Å². The number of aromatic nitrogens is 3. The summed E-state index contributed by atoms with van der Waals surface area (Å²) in [5.41, 5.74) is 0.994. The van der Waals surface area contributed by atoms with Gasteiger partial charge in [0.15, 0.2) is 0 Å². The van der Waals surface area contributed by atoms with Crippen molar-refractivity contribution < 1.29 is 9.18 Å². The number of aromatic amines is 1. The smallest absolute Gasteiger partial charge is 0.236 e. The maximum Gasteiger partial charge on any atom is 0.236 e. The van der Waals surface area contributed by atoms with Crippen LogP contribution in [0.1, 0.15) is 11.4 Å². The third kappa shape index (κ3) is 5.07. The highest BCUT2D eigenvalue weighted by molar-refractivity contribution is 5.78. The minimum absolute atomic E-state index is 0.129. The van der Waals surface area contributed by atoms with Crippen molar-refractivity contribution in [3.63, 3.8) is 0 Å². The van der Waals surface area contributed by atoms with Crippen molar-refractivity contribution in [3.8, 4) is 0 Å². The summed E-state index contributed by atoms with van der Waals surface area (Å²) in [6.07, 6.45) is 1.51. The number of rotatable bonds is 6. The van der Waals surface area contributed by atoms with Gasteiger partial charge in [0.05, 0.1) is 13.1 Å². The van der Waals surface area contributed by atoms with Gasteiger partial charge in [-0.3, -0.25) is 19.7 Å². The number of hydrogen-bond donors (Lipinski definition) is 1. The van der Waals surface area contributed by atoms with Gasteiger partial charge in [-0.05, 0) is 24.7 Å². The fraction of sp³-hybridized carbons (Fsp3) is 0.471. The zero-order valence-electron chi connectivity index (χ0n) is 14.4. The molecule has 2 heterocycles. The van der Waals surface area contributed by atoms with E-state index in [0.717, 1.165) is 44.1 Å². The van der Waals surface area contributed by atoms with E-state index in [1.807, 2.05) is 16.8 Å². The number of carbonyl (C=O) groups is 1. The van der Waals surface area contributed by atoms with Gasteiger partial charge in [-0.15, -0.1) is 0 Å². The highest BCUT2D eigenvalue weighted by Crippen LogP contribution is 2.08. The summed E-state index contributed by atoms with van der Waals surface area (Å²) in [7, 11) is 1.90. The molecule has 0 aliphatic carbocycles. The fourth-order valence-electron chi connectivity index (χ4n) is 2.96. The topological polar surface area (TPSA) is 68.4 Å². The molecule has 0 spiro atoms. The molecule has 3 rings (SSSR count). The molecular weight excluding hydrogens is 323 g/mol. The van der Waals surface area contributed by atoms with E-state index in [1.165, 1.54) is 18.5 Å². The second-order valence-corrected chi connectivity index (χ2v) is 6.39. The van der Waals surface area contributed by atoms with Crippen LogP contribution in [0.2, 0.25) is 0 Å². The van der Waals surface area contributed by atoms with Crippen LogP contribution < -0.4 is 0 Å². The summed E-state index contributed by atoms with van der Waals surface area (Å²) in [6, 6.07) is 6.38. The van der Waals surface area contributed by atoms with Crippen molar-refractivity contribution in [1.29, 1.82) is 0 Å². The van der Waals surface area contributed by atoms with Gasteiger partial charge in [-0.1, -0.05) is 12.1 Å². The summed E-state index contributed by atoms with van der Waals surface area (Å²) in [6.45, 7) is 4.81. The van der Waals surface area contributed by atoms with Crippen LogP contribution in [-0.2, 0) is 17.9 Å². The number of benzene rings is 1. The number of hydrogen-bond acceptors (Lipinski definition) is 5. The Morgan fingerprint density at radius 1 is 1.24 bits per heavy atom. The number of likely N-dealkylation sites (N-methyl/N-ethyl adjacent to an activating group) is 1. The standard InChI is InChI=1S/C17H23FN6O/c1-22(10-14-2-4-15(18)5-3-14)12-17(25)24-8-6-23(7-9-24)11-16-19-13-20-21-16/h2-5,13H,6-12H2,1H3,(H,19,20,21). The molecule has 1 aliphatic rings. The molecule has 7 nitrogen and oxygen atoms in total. The second-order valence-electron chi connectivity index (χ2n) is 6.39. The van der Waals surface area contributed by atoms with Crippen LogP contribution in [0.3, 0.4) is 0 Å². The predicted octanol–water partition coefficient (Wildman–Crippen LogP) is 0.720. The van der Waals surface area contributed by atoms with Crippen LogP contribution in [0, 0.1) is 5.82 Å². The lowest BCUT2D eigenvalue weighted by molar-refractivity contribution is -0.134. The van der Waals surface area contributed by atoms with Crippen LogP contribution in [-0.4, -0.2) is 75.6 Å². The summed E-state index contributed by atoms with van der Waals surface area (Å²) >= 11 is 0. The Labute approximate surface area is 146 Å². The number of H-pyrrole nitrogens is 1. The SMILES string of the molecule is CN(CC(=O)N1CCN(Cc2ncn[nH]2)CC1)Cc1ccc(F)cc1. The quantitative estimate of drug-likeness (QED) is 0.835. The van der Waals surface area contributed by atoms with Gasteiger partial charge in [0.2, 0.25) is 5.91 Å². The van der Waals surface area contributed by atoms with E-state index >= 15 is 0 Å². The Kier molecular flexibility index (Phi) is 5.72. The van der Waals surface area contributed by atoms with E-state index in [0.29, 0.717) is 13.1 Å². The summed E-state index contributed by atoms with van der Waals surface area (Å²) in [4.78, 5) is 22.7. The third-order valence-electron chi connectivity index (χ3n) is 4.33. The molecule has 1 aromatic heterocycles. The Morgan fingerprint density at radius 2 is 1.96 bits per heavy atom. The normalized spacial score (nSPS) is 15.7. The lowest BCUT2D eigenvalue weighted by Crippen LogP contribution is -2.50. The van der Waals surface area contributed by atoms with E-state index in [9.17, 15) is 9.18 Å². The van der Waals surface area contributed by atoms with Crippen LogP contribution in [0.5, 0.6) is 0 Å². The Hall–Kier alpha value is -2.32. The Morgan fingerprint density at radius 3 is 2.60 bits per heavy atom. The van der Waals surface area contributed by atoms with E-state index in [1.54, 1.807) is 12.1 Å². The number of nitrogens with one attached hydrogen (secondary N) is 1. The molecule has 0 bridgehead atoms. The molecule has 0 radical (unpaired) electrons. The Bertz CT molecular complexity index is 667. The average molecular weight is 346 g/mol. The number of piperazine rings is 1. The summed E-state index contributed by atoms with van der Waals surface area (Å²) in [5.74, 6) is 0.730. The molecule has 134 valence electrons. The molecule has 1 N–H and O–H groups in total. The molecule has 0 unspecified atom stereocenters. The minimum atomic E-state index is -0.245. The predicted molar refractivity (Wildman–Crippen MR) is 91.0 cm³/mol. The average Bonchev–Trinajstić information content (AvgIpc) is 3.10. The van der Waals surface area contributed by atoms with Crippen molar-refractivity contribution in [2.75, 3.05) is 39.8 Å². The zero-order chi connectivity index (χ0) is 17.6. The number of nitrogens with zero attached hydrogens (tertiary/aromatic N) is 5. The van der Waals surface area contributed by atoms with Gasteiger partial charge in [-0.25, -0.2) is 9.37 Å². The van der Waals surface area contributed by atoms with E-state index in [-0.39, 0.29) is 11.7 Å². The molecule has 0 saturated carbocycles. The number of amides is 1. The van der Waals surface area contributed by atoms with Crippen molar-refractivity contribution in [1.82, 2.24) is 29.9 Å². The molecule has 1 aliphatic heterocycles. The first-order valence-corrected chi connectivity index (χ1v) is 8.37. The maximum absolute atomic E-state index is 12.9. The van der Waals surface area contributed by atoms with Gasteiger partial charge in [0, 0.05) is 32.7 Å². The van der Waals surface area contributed by atoms with Gasteiger partial charge in [-0.2, -0.15) is 5.10 Å². The zero-order valence-corrected chi connectivity index (χ0v) is 14.4. The molecular formula is C17H23FN6O. The number of carbonyl (C=O) groups excluding carboxylic acids is 1. The monoisotopic (exact) mass is 346 g/mol. The maximum atomic E-state index is 12.9. The van der Waals surface area contributed by atoms with Gasteiger partial charge in [0.25, 0.3) is 0 Å². The number of halogens is 1. The molecule has 2 aromatic rings. The highest BCUT2D eigenvalue weighted by atomic mass is 19.1. The first kappa shape index (κ1) is 17.5. The van der Waals surface area contributed by atoms with Crippen LogP contribution in [0.4, 0.5) is 4.39 Å². The minimum Gasteiger partial charge on any atom is -0.339 e. The van der Waals surface area contributed by atoms with Crippen molar-refractivity contribution in [2.24, 2.45) is 0 Å². The van der Waals surface area contributed by atoms with E-state index in [4.69, 9.17) is 0 Å². The molecule has 1 saturated heterocycles. The second kappa shape index (κ2) is 8.17. The lowest BCUT2D eigenvalue weighted by atomic mass is 10.2.